The van der Waals surface area contributed by atoms with E-state index >= 15 is 0 Å². The van der Waals surface area contributed by atoms with Crippen LogP contribution in [0, 0.1) is 10.1 Å². The van der Waals surface area contributed by atoms with Gasteiger partial charge in [-0.05, 0) is 72.6 Å². The number of ether oxygens (including phenoxy) is 1. The lowest BCUT2D eigenvalue weighted by Gasteiger charge is -2.36. The van der Waals surface area contributed by atoms with Gasteiger partial charge < -0.3 is 24.3 Å². The maximum Gasteiger partial charge on any atom is 0.291 e. The number of piperazine rings is 1. The van der Waals surface area contributed by atoms with Gasteiger partial charge in [-0.15, -0.1) is 0 Å². The third-order valence-electron chi connectivity index (χ3n) is 7.16. The van der Waals surface area contributed by atoms with Gasteiger partial charge in [0.05, 0.1) is 23.7 Å². The summed E-state index contributed by atoms with van der Waals surface area (Å²) >= 11 is 0. The van der Waals surface area contributed by atoms with E-state index in [1.807, 2.05) is 41.3 Å². The molecule has 0 atom stereocenters. The Balaban J connectivity index is 1.18. The molecule has 41 heavy (non-hydrogen) atoms. The Morgan fingerprint density at radius 3 is 2.29 bits per heavy atom. The molecule has 0 saturated carbocycles. The number of methoxy groups -OCH3 is 1. The molecule has 1 N–H and O–H groups in total. The van der Waals surface area contributed by atoms with Crippen molar-refractivity contribution in [2.45, 2.75) is 13.3 Å². The molecule has 0 spiro atoms. The first-order valence-electron chi connectivity index (χ1n) is 13.3. The third kappa shape index (κ3) is 6.06. The van der Waals surface area contributed by atoms with Gasteiger partial charge in [-0.25, -0.2) is 0 Å². The number of nitro benzene ring substituents is 1. The van der Waals surface area contributed by atoms with E-state index in [1.54, 1.807) is 18.2 Å². The molecular formula is C31H30N4O6. The number of nitrogens with zero attached hydrogens (tertiary/aromatic N) is 3. The van der Waals surface area contributed by atoms with E-state index < -0.39 is 10.8 Å². The second kappa shape index (κ2) is 12.0. The SMILES string of the molecule is CCc1ccc(C(=O)N2CCN(c3ccc(NC(=O)c4ccc(-c5ccc(OC)cc5[N+](=O)[O-])o4)cc3)CC2)cc1. The summed E-state index contributed by atoms with van der Waals surface area (Å²) in [6, 6.07) is 22.7. The summed E-state index contributed by atoms with van der Waals surface area (Å²) in [5.74, 6) is 0.156. The number of nitro groups is 1. The minimum absolute atomic E-state index is 0.0271. The quantitative estimate of drug-likeness (QED) is 0.221. The van der Waals surface area contributed by atoms with E-state index in [2.05, 4.69) is 17.1 Å². The van der Waals surface area contributed by atoms with Crippen molar-refractivity contribution in [1.82, 2.24) is 4.90 Å². The second-order valence-corrected chi connectivity index (χ2v) is 9.63. The lowest BCUT2D eigenvalue weighted by molar-refractivity contribution is -0.384. The molecule has 0 unspecified atom stereocenters. The Bertz CT molecular complexity index is 1550. The van der Waals surface area contributed by atoms with Gasteiger partial charge in [-0.1, -0.05) is 19.1 Å². The largest absolute Gasteiger partial charge is 0.497 e. The fraction of sp³-hybridized carbons (Fsp3) is 0.226. The predicted octanol–water partition coefficient (Wildman–Crippen LogP) is 5.64. The minimum atomic E-state index is -0.523. The van der Waals surface area contributed by atoms with Gasteiger partial charge in [0.2, 0.25) is 0 Å². The number of aryl methyl sites for hydroxylation is 1. The van der Waals surface area contributed by atoms with Crippen LogP contribution in [0.15, 0.2) is 83.3 Å². The van der Waals surface area contributed by atoms with Crippen LogP contribution in [-0.2, 0) is 6.42 Å². The molecule has 10 nitrogen and oxygen atoms in total. The van der Waals surface area contributed by atoms with Gasteiger partial charge in [-0.2, -0.15) is 0 Å². The molecule has 2 amide bonds. The molecule has 5 rings (SSSR count). The average molecular weight is 555 g/mol. The smallest absolute Gasteiger partial charge is 0.291 e. The summed E-state index contributed by atoms with van der Waals surface area (Å²) in [6.45, 7) is 4.75. The average Bonchev–Trinajstić information content (AvgIpc) is 3.51. The fourth-order valence-corrected chi connectivity index (χ4v) is 4.78. The van der Waals surface area contributed by atoms with Crippen molar-refractivity contribution in [2.75, 3.05) is 43.5 Å². The zero-order chi connectivity index (χ0) is 28.9. The molecule has 1 aromatic heterocycles. The Labute approximate surface area is 237 Å². The van der Waals surface area contributed by atoms with Crippen molar-refractivity contribution in [3.63, 3.8) is 0 Å². The maximum atomic E-state index is 12.9. The maximum absolute atomic E-state index is 12.9. The van der Waals surface area contributed by atoms with Gasteiger partial charge in [0, 0.05) is 43.1 Å². The minimum Gasteiger partial charge on any atom is -0.497 e. The Kier molecular flexibility index (Phi) is 8.00. The van der Waals surface area contributed by atoms with Crippen LogP contribution in [-0.4, -0.2) is 54.9 Å². The summed E-state index contributed by atoms with van der Waals surface area (Å²) in [4.78, 5) is 40.8. The number of hydrogen-bond acceptors (Lipinski definition) is 7. The second-order valence-electron chi connectivity index (χ2n) is 9.63. The van der Waals surface area contributed by atoms with E-state index in [9.17, 15) is 19.7 Å². The van der Waals surface area contributed by atoms with Gasteiger partial charge in [0.1, 0.15) is 11.5 Å². The standard InChI is InChI=1S/C31H30N4O6/c1-3-21-4-6-22(7-5-21)31(37)34-18-16-33(17-19-34)24-10-8-23(9-11-24)32-30(36)29-15-14-28(41-29)26-13-12-25(40-2)20-27(26)35(38)39/h4-15,20H,3,16-19H2,1-2H3,(H,32,36). The van der Waals surface area contributed by atoms with Crippen molar-refractivity contribution < 1.29 is 23.7 Å². The van der Waals surface area contributed by atoms with E-state index in [1.165, 1.54) is 36.9 Å². The van der Waals surface area contributed by atoms with Crippen LogP contribution in [0.25, 0.3) is 11.3 Å². The van der Waals surface area contributed by atoms with E-state index in [4.69, 9.17) is 9.15 Å². The van der Waals surface area contributed by atoms with Crippen LogP contribution in [0.1, 0.15) is 33.4 Å². The van der Waals surface area contributed by atoms with Crippen molar-refractivity contribution in [2.24, 2.45) is 0 Å². The van der Waals surface area contributed by atoms with E-state index in [-0.39, 0.29) is 28.7 Å². The predicted molar refractivity (Wildman–Crippen MR) is 156 cm³/mol. The van der Waals surface area contributed by atoms with Crippen LogP contribution >= 0.6 is 0 Å². The molecule has 1 aliphatic heterocycles. The number of carbonyl (C=O) groups excluding carboxylic acids is 2. The lowest BCUT2D eigenvalue weighted by atomic mass is 10.1. The molecule has 1 fully saturated rings. The monoisotopic (exact) mass is 554 g/mol. The summed E-state index contributed by atoms with van der Waals surface area (Å²) in [6.07, 6.45) is 0.941. The number of carbonyl (C=O) groups is 2. The van der Waals surface area contributed by atoms with Crippen LogP contribution < -0.4 is 15.0 Å². The highest BCUT2D eigenvalue weighted by molar-refractivity contribution is 6.02. The molecule has 3 aromatic carbocycles. The van der Waals surface area contributed by atoms with E-state index in [0.717, 1.165) is 12.1 Å². The van der Waals surface area contributed by atoms with Crippen molar-refractivity contribution in [1.29, 1.82) is 0 Å². The van der Waals surface area contributed by atoms with Crippen molar-refractivity contribution >= 4 is 28.9 Å². The first-order valence-corrected chi connectivity index (χ1v) is 13.3. The topological polar surface area (TPSA) is 118 Å². The highest BCUT2D eigenvalue weighted by atomic mass is 16.6. The summed E-state index contributed by atoms with van der Waals surface area (Å²) < 4.78 is 10.7. The third-order valence-corrected chi connectivity index (χ3v) is 7.16. The number of benzene rings is 3. The number of nitrogens with one attached hydrogen (secondary N) is 1. The van der Waals surface area contributed by atoms with Crippen LogP contribution in [0.4, 0.5) is 17.1 Å². The van der Waals surface area contributed by atoms with Crippen LogP contribution in [0.2, 0.25) is 0 Å². The van der Waals surface area contributed by atoms with Gasteiger partial charge in [0.15, 0.2) is 5.76 Å². The summed E-state index contributed by atoms with van der Waals surface area (Å²) in [5.41, 5.74) is 3.56. The zero-order valence-electron chi connectivity index (χ0n) is 22.8. The lowest BCUT2D eigenvalue weighted by Crippen LogP contribution is -2.48. The summed E-state index contributed by atoms with van der Waals surface area (Å²) in [7, 11) is 1.43. The molecule has 10 heteroatoms. The normalized spacial score (nSPS) is 13.1. The highest BCUT2D eigenvalue weighted by Crippen LogP contribution is 2.34. The molecular weight excluding hydrogens is 524 g/mol. The molecule has 0 aliphatic carbocycles. The molecule has 210 valence electrons. The molecule has 1 saturated heterocycles. The number of hydrogen-bond donors (Lipinski definition) is 1. The van der Waals surface area contributed by atoms with Crippen molar-refractivity contribution in [3.05, 3.63) is 106 Å². The fourth-order valence-electron chi connectivity index (χ4n) is 4.78. The summed E-state index contributed by atoms with van der Waals surface area (Å²) in [5, 5.41) is 14.3. The highest BCUT2D eigenvalue weighted by Gasteiger charge is 2.23. The molecule has 2 heterocycles. The Hall–Kier alpha value is -5.12. The molecule has 1 aliphatic rings. The molecule has 4 aromatic rings. The Morgan fingerprint density at radius 2 is 1.66 bits per heavy atom. The van der Waals surface area contributed by atoms with Gasteiger partial charge in [-0.3, -0.25) is 19.7 Å². The Morgan fingerprint density at radius 1 is 0.951 bits per heavy atom. The number of amides is 2. The first kappa shape index (κ1) is 27.4. The first-order chi connectivity index (χ1) is 19.9. The van der Waals surface area contributed by atoms with Gasteiger partial charge in [0.25, 0.3) is 17.5 Å². The van der Waals surface area contributed by atoms with Crippen molar-refractivity contribution in [3.8, 4) is 17.1 Å². The van der Waals surface area contributed by atoms with Crippen LogP contribution in [0.3, 0.4) is 0 Å². The number of furan rings is 1. The molecule has 0 bridgehead atoms. The number of anilines is 2. The number of rotatable bonds is 8. The zero-order valence-corrected chi connectivity index (χ0v) is 22.8. The van der Waals surface area contributed by atoms with Crippen LogP contribution in [0.5, 0.6) is 5.75 Å². The van der Waals surface area contributed by atoms with Gasteiger partial charge >= 0.3 is 0 Å². The molecule has 0 radical (unpaired) electrons. The van der Waals surface area contributed by atoms with E-state index in [0.29, 0.717) is 43.2 Å².